The minimum Gasteiger partial charge on any atom is -0.370 e. The van der Waals surface area contributed by atoms with Crippen molar-refractivity contribution in [2.45, 2.75) is 44.6 Å². The summed E-state index contributed by atoms with van der Waals surface area (Å²) in [6, 6.07) is 0. The summed E-state index contributed by atoms with van der Waals surface area (Å²) in [5, 5.41) is 0. The number of hydrogen-bond donors (Lipinski definition) is 1. The van der Waals surface area contributed by atoms with Crippen LogP contribution in [0.15, 0.2) is 4.99 Å². The summed E-state index contributed by atoms with van der Waals surface area (Å²) in [5.74, 6) is 1.63. The minimum atomic E-state index is 0.241. The highest BCUT2D eigenvalue weighted by atomic mass is 15.4. The maximum atomic E-state index is 6.11. The van der Waals surface area contributed by atoms with Gasteiger partial charge in [-0.25, -0.2) is 0 Å². The highest BCUT2D eigenvalue weighted by molar-refractivity contribution is 5.81. The number of hydrogen-bond acceptors (Lipinski definition) is 4. The average Bonchev–Trinajstić information content (AvgIpc) is 2.48. The van der Waals surface area contributed by atoms with Crippen LogP contribution in [-0.2, 0) is 0 Å². The van der Waals surface area contributed by atoms with Crippen LogP contribution in [0.2, 0.25) is 0 Å². The molecule has 2 aliphatic rings. The maximum Gasteiger partial charge on any atom is 0.191 e. The molecule has 1 aliphatic carbocycles. The first-order chi connectivity index (χ1) is 8.53. The topological polar surface area (TPSA) is 44.9 Å². The van der Waals surface area contributed by atoms with Crippen molar-refractivity contribution in [2.24, 2.45) is 16.6 Å². The highest BCUT2D eigenvalue weighted by Crippen LogP contribution is 2.37. The first-order valence-electron chi connectivity index (χ1n) is 7.26. The van der Waals surface area contributed by atoms with Gasteiger partial charge in [-0.2, -0.15) is 0 Å². The van der Waals surface area contributed by atoms with E-state index in [2.05, 4.69) is 35.8 Å². The Bertz CT molecular complexity index is 313. The van der Waals surface area contributed by atoms with Crippen LogP contribution in [0.4, 0.5) is 0 Å². The molecule has 1 aliphatic heterocycles. The molecule has 104 valence electrons. The Morgan fingerprint density at radius 2 is 2.17 bits per heavy atom. The molecule has 0 bridgehead atoms. The molecule has 1 fully saturated rings. The molecule has 0 aromatic rings. The average molecular weight is 252 g/mol. The van der Waals surface area contributed by atoms with Gasteiger partial charge in [0.2, 0.25) is 0 Å². The second-order valence-electron chi connectivity index (χ2n) is 6.39. The van der Waals surface area contributed by atoms with Gasteiger partial charge in [0.1, 0.15) is 0 Å². The Morgan fingerprint density at radius 1 is 1.39 bits per heavy atom. The zero-order chi connectivity index (χ0) is 13.2. The third kappa shape index (κ3) is 2.79. The predicted molar refractivity (Wildman–Crippen MR) is 76.7 cm³/mol. The summed E-state index contributed by atoms with van der Waals surface area (Å²) in [4.78, 5) is 9.16. The van der Waals surface area contributed by atoms with Crippen molar-refractivity contribution >= 4 is 5.96 Å². The van der Waals surface area contributed by atoms with Gasteiger partial charge in [-0.1, -0.05) is 19.8 Å². The van der Waals surface area contributed by atoms with Crippen molar-refractivity contribution in [1.29, 1.82) is 0 Å². The molecular weight excluding hydrogens is 224 g/mol. The van der Waals surface area contributed by atoms with Gasteiger partial charge in [0, 0.05) is 13.1 Å². The molecule has 0 aromatic carbocycles. The van der Waals surface area contributed by atoms with E-state index in [4.69, 9.17) is 5.73 Å². The van der Waals surface area contributed by atoms with E-state index in [1.54, 1.807) is 0 Å². The normalized spacial score (nSPS) is 33.0. The Labute approximate surface area is 111 Å². The van der Waals surface area contributed by atoms with Gasteiger partial charge in [-0.05, 0) is 39.3 Å². The van der Waals surface area contributed by atoms with Crippen molar-refractivity contribution in [3.63, 3.8) is 0 Å². The third-order valence-electron chi connectivity index (χ3n) is 4.60. The molecule has 18 heavy (non-hydrogen) atoms. The van der Waals surface area contributed by atoms with Crippen molar-refractivity contribution < 1.29 is 0 Å². The number of aliphatic imine (C=N–C) groups is 1. The largest absolute Gasteiger partial charge is 0.370 e. The number of rotatable bonds is 3. The van der Waals surface area contributed by atoms with Crippen LogP contribution < -0.4 is 5.73 Å². The standard InChI is InChI=1S/C14H28N4/c1-12-5-4-7-14(8-6-12)11-16-13(15)18(14)10-9-17(2)3/h12H,4-11H2,1-3H3,(H2,15,16). The van der Waals surface area contributed by atoms with Crippen LogP contribution in [0, 0.1) is 5.92 Å². The highest BCUT2D eigenvalue weighted by Gasteiger charge is 2.42. The molecule has 1 spiro atoms. The van der Waals surface area contributed by atoms with Crippen molar-refractivity contribution in [2.75, 3.05) is 33.7 Å². The zero-order valence-electron chi connectivity index (χ0n) is 12.2. The van der Waals surface area contributed by atoms with E-state index < -0.39 is 0 Å². The Kier molecular flexibility index (Phi) is 4.15. The number of nitrogens with zero attached hydrogens (tertiary/aromatic N) is 3. The van der Waals surface area contributed by atoms with Gasteiger partial charge in [0.25, 0.3) is 0 Å². The van der Waals surface area contributed by atoms with Crippen LogP contribution in [0.3, 0.4) is 0 Å². The summed E-state index contributed by atoms with van der Waals surface area (Å²) in [6.07, 6.45) is 6.52. The van der Waals surface area contributed by atoms with Gasteiger partial charge < -0.3 is 15.5 Å². The molecule has 0 amide bonds. The SMILES string of the molecule is CC1CCCC2(CC1)CN=C(N)N2CCN(C)C. The maximum absolute atomic E-state index is 6.11. The first-order valence-corrected chi connectivity index (χ1v) is 7.26. The monoisotopic (exact) mass is 252 g/mol. The molecule has 1 saturated carbocycles. The van der Waals surface area contributed by atoms with Gasteiger partial charge in [-0.3, -0.25) is 4.99 Å². The summed E-state index contributed by atoms with van der Waals surface area (Å²) in [5.41, 5.74) is 6.35. The van der Waals surface area contributed by atoms with E-state index in [1.807, 2.05) is 0 Å². The van der Waals surface area contributed by atoms with Crippen LogP contribution in [0.5, 0.6) is 0 Å². The van der Waals surface area contributed by atoms with Crippen LogP contribution >= 0.6 is 0 Å². The summed E-state index contributed by atoms with van der Waals surface area (Å²) in [7, 11) is 4.23. The molecule has 0 radical (unpaired) electrons. The summed E-state index contributed by atoms with van der Waals surface area (Å²) < 4.78 is 0. The number of likely N-dealkylation sites (N-methyl/N-ethyl adjacent to an activating group) is 1. The van der Waals surface area contributed by atoms with E-state index in [0.29, 0.717) is 0 Å². The Hall–Kier alpha value is -0.770. The molecule has 1 heterocycles. The molecule has 4 nitrogen and oxygen atoms in total. The van der Waals surface area contributed by atoms with E-state index in [9.17, 15) is 0 Å². The lowest BCUT2D eigenvalue weighted by Gasteiger charge is -2.39. The van der Waals surface area contributed by atoms with Crippen LogP contribution in [-0.4, -0.2) is 55.0 Å². The molecular formula is C14H28N4. The van der Waals surface area contributed by atoms with E-state index in [-0.39, 0.29) is 5.54 Å². The molecule has 0 saturated heterocycles. The minimum absolute atomic E-state index is 0.241. The molecule has 2 unspecified atom stereocenters. The summed E-state index contributed by atoms with van der Waals surface area (Å²) >= 11 is 0. The van der Waals surface area contributed by atoms with Gasteiger partial charge in [-0.15, -0.1) is 0 Å². The Balaban J connectivity index is 2.05. The molecule has 2 atom stereocenters. The molecule has 2 N–H and O–H groups in total. The van der Waals surface area contributed by atoms with Crippen LogP contribution in [0.1, 0.15) is 39.0 Å². The van der Waals surface area contributed by atoms with Gasteiger partial charge >= 0.3 is 0 Å². The second-order valence-corrected chi connectivity index (χ2v) is 6.39. The van der Waals surface area contributed by atoms with E-state index in [1.165, 1.54) is 32.1 Å². The van der Waals surface area contributed by atoms with Gasteiger partial charge in [0.05, 0.1) is 12.1 Å². The van der Waals surface area contributed by atoms with Crippen molar-refractivity contribution in [3.8, 4) is 0 Å². The second kappa shape index (κ2) is 5.47. The first kappa shape index (κ1) is 13.7. The molecule has 4 heteroatoms. The van der Waals surface area contributed by atoms with Crippen LogP contribution in [0.25, 0.3) is 0 Å². The zero-order valence-corrected chi connectivity index (χ0v) is 12.2. The van der Waals surface area contributed by atoms with Gasteiger partial charge in [0.15, 0.2) is 5.96 Å². The fourth-order valence-electron chi connectivity index (χ4n) is 3.29. The number of nitrogens with two attached hydrogens (primary N) is 1. The van der Waals surface area contributed by atoms with E-state index >= 15 is 0 Å². The lowest BCUT2D eigenvalue weighted by Crippen LogP contribution is -2.53. The van der Waals surface area contributed by atoms with E-state index in [0.717, 1.165) is 31.5 Å². The lowest BCUT2D eigenvalue weighted by atomic mass is 9.89. The number of guanidine groups is 1. The fraction of sp³-hybridized carbons (Fsp3) is 0.929. The van der Waals surface area contributed by atoms with Crippen molar-refractivity contribution in [3.05, 3.63) is 0 Å². The lowest BCUT2D eigenvalue weighted by molar-refractivity contribution is 0.161. The smallest absolute Gasteiger partial charge is 0.191 e. The predicted octanol–water partition coefficient (Wildman–Crippen LogP) is 1.52. The third-order valence-corrected chi connectivity index (χ3v) is 4.60. The quantitative estimate of drug-likeness (QED) is 0.828. The van der Waals surface area contributed by atoms with Crippen molar-refractivity contribution in [1.82, 2.24) is 9.80 Å². The Morgan fingerprint density at radius 3 is 2.89 bits per heavy atom. The molecule has 2 rings (SSSR count). The fourth-order valence-corrected chi connectivity index (χ4v) is 3.29. The molecule has 0 aromatic heterocycles. The summed E-state index contributed by atoms with van der Waals surface area (Å²) in [6.45, 7) is 5.35.